The van der Waals surface area contributed by atoms with Crippen molar-refractivity contribution in [2.24, 2.45) is 0 Å². The van der Waals surface area contributed by atoms with Gasteiger partial charge in [-0.2, -0.15) is 5.26 Å². The zero-order valence-corrected chi connectivity index (χ0v) is 8.77. The summed E-state index contributed by atoms with van der Waals surface area (Å²) in [5, 5.41) is 12.0. The fourth-order valence-corrected chi connectivity index (χ4v) is 1.80. The van der Waals surface area contributed by atoms with E-state index in [-0.39, 0.29) is 0 Å². The van der Waals surface area contributed by atoms with Gasteiger partial charge in [-0.05, 0) is 19.1 Å². The summed E-state index contributed by atoms with van der Waals surface area (Å²) in [6, 6.07) is 6.27. The molecular weight excluding hydrogens is 188 g/mol. The third-order valence-corrected chi connectivity index (χ3v) is 2.67. The minimum atomic E-state index is 0.458. The molecule has 1 atom stereocenters. The van der Waals surface area contributed by atoms with Gasteiger partial charge in [0.1, 0.15) is 11.9 Å². The quantitative estimate of drug-likeness (QED) is 0.730. The first-order valence-electron chi connectivity index (χ1n) is 5.15. The molecule has 2 rings (SSSR count). The third-order valence-electron chi connectivity index (χ3n) is 2.67. The first kappa shape index (κ1) is 9.94. The lowest BCUT2D eigenvalue weighted by Gasteiger charge is -2.34. The first-order chi connectivity index (χ1) is 7.31. The lowest BCUT2D eigenvalue weighted by Crippen LogP contribution is -2.50. The van der Waals surface area contributed by atoms with Gasteiger partial charge in [0.2, 0.25) is 0 Å². The smallest absolute Gasteiger partial charge is 0.128 e. The van der Waals surface area contributed by atoms with Crippen LogP contribution in [0.5, 0.6) is 0 Å². The SMILES string of the molecule is CC1CNCCN1c1ccc(C#N)cn1. The highest BCUT2D eigenvalue weighted by molar-refractivity contribution is 5.43. The number of nitriles is 1. The molecule has 0 aromatic carbocycles. The van der Waals surface area contributed by atoms with Crippen molar-refractivity contribution in [3.8, 4) is 6.07 Å². The van der Waals surface area contributed by atoms with Crippen molar-refractivity contribution >= 4 is 5.82 Å². The van der Waals surface area contributed by atoms with Gasteiger partial charge in [-0.1, -0.05) is 0 Å². The van der Waals surface area contributed by atoms with Crippen molar-refractivity contribution in [3.63, 3.8) is 0 Å². The number of nitrogens with zero attached hydrogens (tertiary/aromatic N) is 3. The second-order valence-corrected chi connectivity index (χ2v) is 3.76. The van der Waals surface area contributed by atoms with Crippen LogP contribution >= 0.6 is 0 Å². The summed E-state index contributed by atoms with van der Waals surface area (Å²) in [6.07, 6.45) is 1.63. The minimum Gasteiger partial charge on any atom is -0.351 e. The molecule has 0 spiro atoms. The van der Waals surface area contributed by atoms with E-state index in [0.717, 1.165) is 25.5 Å². The Balaban J connectivity index is 2.18. The molecule has 1 aromatic rings. The van der Waals surface area contributed by atoms with Gasteiger partial charge < -0.3 is 10.2 Å². The molecule has 15 heavy (non-hydrogen) atoms. The lowest BCUT2D eigenvalue weighted by molar-refractivity contribution is 0.497. The van der Waals surface area contributed by atoms with Crippen LogP contribution in [0.4, 0.5) is 5.82 Å². The highest BCUT2D eigenvalue weighted by Crippen LogP contribution is 2.15. The van der Waals surface area contributed by atoms with Gasteiger partial charge >= 0.3 is 0 Å². The number of nitrogens with one attached hydrogen (secondary N) is 1. The summed E-state index contributed by atoms with van der Waals surface area (Å²) in [5.74, 6) is 0.961. The molecule has 0 amide bonds. The van der Waals surface area contributed by atoms with Gasteiger partial charge in [0.05, 0.1) is 5.56 Å². The summed E-state index contributed by atoms with van der Waals surface area (Å²) in [4.78, 5) is 6.56. The minimum absolute atomic E-state index is 0.458. The maximum absolute atomic E-state index is 8.68. The second kappa shape index (κ2) is 4.28. The summed E-state index contributed by atoms with van der Waals surface area (Å²) in [5.41, 5.74) is 0.613. The number of hydrogen-bond donors (Lipinski definition) is 1. The molecule has 4 nitrogen and oxygen atoms in total. The van der Waals surface area contributed by atoms with Gasteiger partial charge in [0.15, 0.2) is 0 Å². The average Bonchev–Trinajstić information content (AvgIpc) is 2.30. The van der Waals surface area contributed by atoms with Crippen molar-refractivity contribution in [1.29, 1.82) is 5.26 Å². The topological polar surface area (TPSA) is 52.0 Å². The van der Waals surface area contributed by atoms with Gasteiger partial charge in [-0.3, -0.25) is 0 Å². The Kier molecular flexibility index (Phi) is 2.84. The number of rotatable bonds is 1. The fraction of sp³-hybridized carbons (Fsp3) is 0.455. The predicted octanol–water partition coefficient (Wildman–Crippen LogP) is 0.751. The maximum atomic E-state index is 8.68. The van der Waals surface area contributed by atoms with Crippen molar-refractivity contribution < 1.29 is 0 Å². The van der Waals surface area contributed by atoms with Gasteiger partial charge in [0.25, 0.3) is 0 Å². The van der Waals surface area contributed by atoms with Crippen molar-refractivity contribution in [1.82, 2.24) is 10.3 Å². The van der Waals surface area contributed by atoms with Crippen LogP contribution in [0, 0.1) is 11.3 Å². The molecule has 1 unspecified atom stereocenters. The molecule has 0 radical (unpaired) electrons. The highest BCUT2D eigenvalue weighted by atomic mass is 15.3. The van der Waals surface area contributed by atoms with Crippen molar-refractivity contribution in [2.75, 3.05) is 24.5 Å². The van der Waals surface area contributed by atoms with E-state index >= 15 is 0 Å². The molecule has 0 aliphatic carbocycles. The Morgan fingerprint density at radius 2 is 2.47 bits per heavy atom. The van der Waals surface area contributed by atoms with Crippen LogP contribution in [0.3, 0.4) is 0 Å². The monoisotopic (exact) mass is 202 g/mol. The van der Waals surface area contributed by atoms with Crippen LogP contribution in [0.2, 0.25) is 0 Å². The van der Waals surface area contributed by atoms with E-state index in [1.165, 1.54) is 0 Å². The predicted molar refractivity (Wildman–Crippen MR) is 58.6 cm³/mol. The van der Waals surface area contributed by atoms with Crippen LogP contribution in [-0.2, 0) is 0 Å². The van der Waals surface area contributed by atoms with Gasteiger partial charge in [-0.15, -0.1) is 0 Å². The Bertz CT molecular complexity index is 365. The van der Waals surface area contributed by atoms with Crippen molar-refractivity contribution in [2.45, 2.75) is 13.0 Å². The summed E-state index contributed by atoms with van der Waals surface area (Å²) in [7, 11) is 0. The van der Waals surface area contributed by atoms with E-state index in [1.54, 1.807) is 6.20 Å². The Labute approximate surface area is 89.5 Å². The molecule has 1 fully saturated rings. The zero-order chi connectivity index (χ0) is 10.7. The number of pyridine rings is 1. The van der Waals surface area contributed by atoms with E-state index in [2.05, 4.69) is 28.2 Å². The molecule has 78 valence electrons. The molecule has 4 heteroatoms. The second-order valence-electron chi connectivity index (χ2n) is 3.76. The molecule has 0 bridgehead atoms. The molecule has 1 saturated heterocycles. The van der Waals surface area contributed by atoms with Crippen molar-refractivity contribution in [3.05, 3.63) is 23.9 Å². The van der Waals surface area contributed by atoms with E-state index < -0.39 is 0 Å². The summed E-state index contributed by atoms with van der Waals surface area (Å²) < 4.78 is 0. The Morgan fingerprint density at radius 1 is 1.60 bits per heavy atom. The standard InChI is InChI=1S/C11H14N4/c1-9-7-13-4-5-15(9)11-3-2-10(6-12)8-14-11/h2-3,8-9,13H,4-5,7H2,1H3. The molecule has 0 saturated carbocycles. The molecule has 1 N–H and O–H groups in total. The van der Waals surface area contributed by atoms with Gasteiger partial charge in [-0.25, -0.2) is 4.98 Å². The van der Waals surface area contributed by atoms with Gasteiger partial charge in [0, 0.05) is 31.9 Å². The van der Waals surface area contributed by atoms with E-state index in [4.69, 9.17) is 5.26 Å². The molecule has 1 aliphatic rings. The van der Waals surface area contributed by atoms with Crippen LogP contribution < -0.4 is 10.2 Å². The summed E-state index contributed by atoms with van der Waals surface area (Å²) in [6.45, 7) is 5.12. The lowest BCUT2D eigenvalue weighted by atomic mass is 10.2. The summed E-state index contributed by atoms with van der Waals surface area (Å²) >= 11 is 0. The van der Waals surface area contributed by atoms with Crippen LogP contribution in [-0.4, -0.2) is 30.7 Å². The Hall–Kier alpha value is -1.60. The van der Waals surface area contributed by atoms with E-state index in [9.17, 15) is 0 Å². The highest BCUT2D eigenvalue weighted by Gasteiger charge is 2.18. The largest absolute Gasteiger partial charge is 0.351 e. The number of anilines is 1. The van der Waals surface area contributed by atoms with E-state index in [0.29, 0.717) is 11.6 Å². The molecular formula is C11H14N4. The maximum Gasteiger partial charge on any atom is 0.128 e. The number of hydrogen-bond acceptors (Lipinski definition) is 4. The number of aromatic nitrogens is 1. The van der Waals surface area contributed by atoms with Crippen LogP contribution in [0.25, 0.3) is 0 Å². The van der Waals surface area contributed by atoms with Crippen LogP contribution in [0.15, 0.2) is 18.3 Å². The average molecular weight is 202 g/mol. The number of piperazine rings is 1. The normalized spacial score (nSPS) is 21.1. The third kappa shape index (κ3) is 2.08. The molecule has 2 heterocycles. The first-order valence-corrected chi connectivity index (χ1v) is 5.15. The van der Waals surface area contributed by atoms with Crippen LogP contribution in [0.1, 0.15) is 12.5 Å². The van der Waals surface area contributed by atoms with E-state index in [1.807, 2.05) is 12.1 Å². The zero-order valence-electron chi connectivity index (χ0n) is 8.77. The fourth-order valence-electron chi connectivity index (χ4n) is 1.80. The molecule has 1 aromatic heterocycles. The Morgan fingerprint density at radius 3 is 3.07 bits per heavy atom. The molecule has 1 aliphatic heterocycles.